The van der Waals surface area contributed by atoms with Gasteiger partial charge in [0.15, 0.2) is 17.3 Å². The van der Waals surface area contributed by atoms with E-state index in [0.29, 0.717) is 27.3 Å². The van der Waals surface area contributed by atoms with Crippen molar-refractivity contribution in [2.24, 2.45) is 5.41 Å². The van der Waals surface area contributed by atoms with Crippen molar-refractivity contribution in [1.29, 1.82) is 0 Å². The first-order valence-electron chi connectivity index (χ1n) is 13.0. The average Bonchev–Trinajstić information content (AvgIpc) is 3.39. The number of halogens is 1. The Balaban J connectivity index is 1.58. The molecule has 0 radical (unpaired) electrons. The molecular formula is C34H24ClNO3. The van der Waals surface area contributed by atoms with E-state index in [1.807, 2.05) is 78.6 Å². The molecule has 0 bridgehead atoms. The Labute approximate surface area is 231 Å². The predicted octanol–water partition coefficient (Wildman–Crippen LogP) is 6.96. The molecule has 7 rings (SSSR count). The van der Waals surface area contributed by atoms with E-state index in [9.17, 15) is 14.4 Å². The van der Waals surface area contributed by atoms with Crippen molar-refractivity contribution in [2.45, 2.75) is 24.9 Å². The van der Waals surface area contributed by atoms with Gasteiger partial charge in [-0.1, -0.05) is 109 Å². The molecule has 0 N–H and O–H groups in total. The maximum atomic E-state index is 14.6. The van der Waals surface area contributed by atoms with Crippen molar-refractivity contribution in [3.05, 3.63) is 142 Å². The lowest BCUT2D eigenvalue weighted by Crippen LogP contribution is -2.48. The van der Waals surface area contributed by atoms with Crippen LogP contribution in [-0.2, 0) is 0 Å². The number of Topliss-reactive ketones (excluding diaryl/α,β-unsaturated/α-hetero) is 3. The maximum absolute atomic E-state index is 14.6. The minimum Gasteiger partial charge on any atom is -0.352 e. The summed E-state index contributed by atoms with van der Waals surface area (Å²) in [6.07, 6.45) is 3.90. The van der Waals surface area contributed by atoms with Crippen molar-refractivity contribution >= 4 is 40.7 Å². The molecule has 190 valence electrons. The maximum Gasteiger partial charge on any atom is 0.185 e. The van der Waals surface area contributed by atoms with Crippen LogP contribution in [0.2, 0.25) is 5.02 Å². The van der Waals surface area contributed by atoms with Crippen LogP contribution >= 0.6 is 11.6 Å². The minimum atomic E-state index is -1.55. The lowest BCUT2D eigenvalue weighted by molar-refractivity contribution is 0.0666. The Morgan fingerprint density at radius 2 is 1.46 bits per heavy atom. The Kier molecular flexibility index (Phi) is 5.26. The zero-order chi connectivity index (χ0) is 26.9. The Hall–Kier alpha value is -4.28. The van der Waals surface area contributed by atoms with Crippen molar-refractivity contribution in [1.82, 2.24) is 0 Å². The highest BCUT2D eigenvalue weighted by atomic mass is 35.5. The molecule has 4 nitrogen and oxygen atoms in total. The molecule has 1 spiro atoms. The highest BCUT2D eigenvalue weighted by Gasteiger charge is 2.71. The molecule has 4 aromatic carbocycles. The number of ketones is 3. The van der Waals surface area contributed by atoms with E-state index >= 15 is 0 Å². The third-order valence-corrected chi connectivity index (χ3v) is 8.87. The van der Waals surface area contributed by atoms with Gasteiger partial charge < -0.3 is 4.90 Å². The van der Waals surface area contributed by atoms with Gasteiger partial charge in [0, 0.05) is 33.3 Å². The monoisotopic (exact) mass is 529 g/mol. The summed E-state index contributed by atoms with van der Waals surface area (Å²) in [5, 5.41) is 0.428. The second-order valence-electron chi connectivity index (χ2n) is 10.5. The summed E-state index contributed by atoms with van der Waals surface area (Å²) in [4.78, 5) is 45.9. The summed E-state index contributed by atoms with van der Waals surface area (Å²) < 4.78 is 0. The van der Waals surface area contributed by atoms with Gasteiger partial charge in [-0.2, -0.15) is 0 Å². The highest BCUT2D eigenvalue weighted by Crippen LogP contribution is 2.61. The Morgan fingerprint density at radius 1 is 0.821 bits per heavy atom. The molecule has 39 heavy (non-hydrogen) atoms. The van der Waals surface area contributed by atoms with E-state index in [1.54, 1.807) is 42.5 Å². The van der Waals surface area contributed by atoms with Crippen LogP contribution in [0.4, 0.5) is 5.69 Å². The van der Waals surface area contributed by atoms with Gasteiger partial charge in [0.05, 0.1) is 6.04 Å². The van der Waals surface area contributed by atoms with Crippen molar-refractivity contribution in [3.63, 3.8) is 0 Å². The van der Waals surface area contributed by atoms with Gasteiger partial charge in [-0.15, -0.1) is 0 Å². The molecule has 4 aromatic rings. The number of nitrogens with zero attached hydrogens (tertiary/aromatic N) is 1. The SMILES string of the molecule is Cc1ccc2c(c1)N1[C@H](C(=O)c3ccccc3)[C@H](c3ccccc3Cl)C3(C(=O)c4ccccc4C3=O)[C@H]1C=C2. The number of aryl methyl sites for hydroxylation is 1. The first-order valence-corrected chi connectivity index (χ1v) is 13.4. The topological polar surface area (TPSA) is 54.5 Å². The van der Waals surface area contributed by atoms with Gasteiger partial charge >= 0.3 is 0 Å². The van der Waals surface area contributed by atoms with E-state index in [4.69, 9.17) is 11.6 Å². The lowest BCUT2D eigenvalue weighted by atomic mass is 9.64. The molecule has 0 saturated carbocycles. The fraction of sp³-hybridized carbons (Fsp3) is 0.147. The van der Waals surface area contributed by atoms with E-state index < -0.39 is 23.4 Å². The highest BCUT2D eigenvalue weighted by molar-refractivity contribution is 6.34. The van der Waals surface area contributed by atoms with Crippen molar-refractivity contribution in [2.75, 3.05) is 4.90 Å². The zero-order valence-electron chi connectivity index (χ0n) is 21.2. The lowest BCUT2D eigenvalue weighted by Gasteiger charge is -2.37. The summed E-state index contributed by atoms with van der Waals surface area (Å²) in [5.41, 5.74) is 3.19. The number of fused-ring (bicyclic) bond motifs is 5. The molecule has 0 amide bonds. The molecule has 2 aliphatic heterocycles. The largest absolute Gasteiger partial charge is 0.352 e. The number of carbonyl (C=O) groups is 3. The van der Waals surface area contributed by atoms with Crippen LogP contribution in [0.3, 0.4) is 0 Å². The molecule has 1 aliphatic carbocycles. The smallest absolute Gasteiger partial charge is 0.185 e. The van der Waals surface area contributed by atoms with Crippen LogP contribution in [0.5, 0.6) is 0 Å². The zero-order valence-corrected chi connectivity index (χ0v) is 21.9. The molecule has 3 atom stereocenters. The van der Waals surface area contributed by atoms with E-state index in [-0.39, 0.29) is 17.3 Å². The number of hydrogen-bond donors (Lipinski definition) is 0. The first-order chi connectivity index (χ1) is 18.9. The molecule has 0 aromatic heterocycles. The van der Waals surface area contributed by atoms with Crippen LogP contribution in [0.25, 0.3) is 6.08 Å². The molecule has 2 heterocycles. The third-order valence-electron chi connectivity index (χ3n) is 8.53. The summed E-state index contributed by atoms with van der Waals surface area (Å²) in [7, 11) is 0. The number of rotatable bonds is 3. The Bertz CT molecular complexity index is 1690. The first kappa shape index (κ1) is 23.8. The molecule has 5 heteroatoms. The van der Waals surface area contributed by atoms with E-state index in [1.165, 1.54) is 0 Å². The van der Waals surface area contributed by atoms with Crippen LogP contribution in [0.15, 0.2) is 103 Å². The van der Waals surface area contributed by atoms with Crippen molar-refractivity contribution in [3.8, 4) is 0 Å². The van der Waals surface area contributed by atoms with E-state index in [0.717, 1.165) is 16.8 Å². The van der Waals surface area contributed by atoms with Gasteiger partial charge in [-0.05, 0) is 35.7 Å². The predicted molar refractivity (Wildman–Crippen MR) is 153 cm³/mol. The number of hydrogen-bond acceptors (Lipinski definition) is 4. The summed E-state index contributed by atoms with van der Waals surface area (Å²) >= 11 is 6.84. The van der Waals surface area contributed by atoms with Gasteiger partial charge in [0.1, 0.15) is 11.5 Å². The normalized spacial score (nSPS) is 22.1. The molecule has 1 saturated heterocycles. The van der Waals surface area contributed by atoms with Crippen molar-refractivity contribution < 1.29 is 14.4 Å². The minimum absolute atomic E-state index is 0.151. The number of benzene rings is 4. The van der Waals surface area contributed by atoms with E-state index in [2.05, 4.69) is 0 Å². The molecule has 3 aliphatic rings. The summed E-state index contributed by atoms with van der Waals surface area (Å²) in [6, 6.07) is 27.9. The van der Waals surface area contributed by atoms with Gasteiger partial charge in [0.25, 0.3) is 0 Å². The standard InChI is InChI=1S/C34H24ClNO3/c1-20-15-16-21-17-18-28-34(32(38)23-11-5-6-12-24(23)33(34)39)29(25-13-7-8-14-26(25)35)30(36(28)27(21)19-20)31(37)22-9-3-2-4-10-22/h2-19,28-30H,1H3/t28-,29+,30+/m1/s1. The fourth-order valence-corrected chi connectivity index (χ4v) is 7.17. The second-order valence-corrected chi connectivity index (χ2v) is 10.9. The number of anilines is 1. The molecule has 0 unspecified atom stereocenters. The fourth-order valence-electron chi connectivity index (χ4n) is 6.92. The summed E-state index contributed by atoms with van der Waals surface area (Å²) in [6.45, 7) is 2.00. The second kappa shape index (κ2) is 8.62. The quantitative estimate of drug-likeness (QED) is 0.212. The average molecular weight is 530 g/mol. The van der Waals surface area contributed by atoms with Gasteiger partial charge in [0.2, 0.25) is 0 Å². The summed E-state index contributed by atoms with van der Waals surface area (Å²) in [5.74, 6) is -1.48. The molecular weight excluding hydrogens is 506 g/mol. The van der Waals surface area contributed by atoms with Crippen LogP contribution in [0.1, 0.15) is 53.7 Å². The number of carbonyl (C=O) groups excluding carboxylic acids is 3. The van der Waals surface area contributed by atoms with Gasteiger partial charge in [-0.3, -0.25) is 14.4 Å². The van der Waals surface area contributed by atoms with Gasteiger partial charge in [-0.25, -0.2) is 0 Å². The van der Waals surface area contributed by atoms with Crippen LogP contribution in [0, 0.1) is 12.3 Å². The van der Waals surface area contributed by atoms with Crippen LogP contribution in [-0.4, -0.2) is 29.4 Å². The Morgan fingerprint density at radius 3 is 2.15 bits per heavy atom. The molecule has 1 fully saturated rings. The van der Waals surface area contributed by atoms with Crippen LogP contribution < -0.4 is 4.90 Å². The third kappa shape index (κ3) is 3.15.